The third kappa shape index (κ3) is 2.57. The zero-order valence-corrected chi connectivity index (χ0v) is 12.0. The molecule has 0 aliphatic rings. The largest absolute Gasteiger partial charge is 0.459 e. The number of benzene rings is 1. The third-order valence-electron chi connectivity index (χ3n) is 3.44. The summed E-state index contributed by atoms with van der Waals surface area (Å²) in [6.45, 7) is 0. The van der Waals surface area contributed by atoms with Crippen LogP contribution in [0.3, 0.4) is 0 Å². The first kappa shape index (κ1) is 13.3. The molecule has 6 nitrogen and oxygen atoms in total. The number of hydrogen-bond donors (Lipinski definition) is 2. The van der Waals surface area contributed by atoms with E-state index in [-0.39, 0.29) is 11.7 Å². The fourth-order valence-electron chi connectivity index (χ4n) is 2.33. The van der Waals surface area contributed by atoms with Gasteiger partial charge in [0, 0.05) is 23.6 Å². The number of pyridine rings is 1. The van der Waals surface area contributed by atoms with Gasteiger partial charge in [0.15, 0.2) is 5.76 Å². The Bertz CT molecular complexity index is 959. The molecular formula is C17H12N4O2. The third-order valence-corrected chi connectivity index (χ3v) is 3.44. The van der Waals surface area contributed by atoms with Crippen molar-refractivity contribution in [2.45, 2.75) is 0 Å². The van der Waals surface area contributed by atoms with Crippen LogP contribution in [0.2, 0.25) is 0 Å². The molecule has 0 radical (unpaired) electrons. The van der Waals surface area contributed by atoms with Gasteiger partial charge in [-0.2, -0.15) is 0 Å². The highest BCUT2D eigenvalue weighted by atomic mass is 16.3. The van der Waals surface area contributed by atoms with Gasteiger partial charge in [0.2, 0.25) is 0 Å². The van der Waals surface area contributed by atoms with Crippen molar-refractivity contribution in [3.05, 3.63) is 66.9 Å². The number of aromatic nitrogens is 3. The lowest BCUT2D eigenvalue weighted by Gasteiger charge is -2.02. The van der Waals surface area contributed by atoms with Crippen molar-refractivity contribution in [2.24, 2.45) is 0 Å². The Morgan fingerprint density at radius 2 is 2.00 bits per heavy atom. The van der Waals surface area contributed by atoms with Gasteiger partial charge in [-0.15, -0.1) is 0 Å². The molecule has 3 heterocycles. The molecule has 0 bridgehead atoms. The molecule has 0 aliphatic carbocycles. The molecule has 23 heavy (non-hydrogen) atoms. The lowest BCUT2D eigenvalue weighted by molar-refractivity contribution is 0.0996. The maximum Gasteiger partial charge on any atom is 0.291 e. The Balaban J connectivity index is 1.64. The van der Waals surface area contributed by atoms with Crippen LogP contribution < -0.4 is 5.32 Å². The average molecular weight is 304 g/mol. The van der Waals surface area contributed by atoms with Crippen molar-refractivity contribution in [1.82, 2.24) is 15.0 Å². The number of carbonyl (C=O) groups is 1. The molecule has 0 saturated carbocycles. The molecule has 4 aromatic rings. The maximum atomic E-state index is 12.0. The minimum absolute atomic E-state index is 0.271. The molecule has 0 saturated heterocycles. The van der Waals surface area contributed by atoms with Crippen LogP contribution in [0.15, 0.2) is 65.5 Å². The van der Waals surface area contributed by atoms with Gasteiger partial charge in [-0.3, -0.25) is 9.78 Å². The van der Waals surface area contributed by atoms with E-state index in [1.807, 2.05) is 24.3 Å². The minimum Gasteiger partial charge on any atom is -0.459 e. The van der Waals surface area contributed by atoms with E-state index in [2.05, 4.69) is 20.3 Å². The summed E-state index contributed by atoms with van der Waals surface area (Å²) < 4.78 is 5.08. The molecule has 0 unspecified atom stereocenters. The van der Waals surface area contributed by atoms with Gasteiger partial charge in [-0.05, 0) is 42.5 Å². The second-order valence-electron chi connectivity index (χ2n) is 4.98. The van der Waals surface area contributed by atoms with E-state index in [0.717, 1.165) is 22.4 Å². The zero-order chi connectivity index (χ0) is 15.6. The number of hydrogen-bond acceptors (Lipinski definition) is 4. The quantitative estimate of drug-likeness (QED) is 0.607. The molecule has 3 aromatic heterocycles. The monoisotopic (exact) mass is 304 g/mol. The van der Waals surface area contributed by atoms with E-state index in [0.29, 0.717) is 5.69 Å². The molecule has 0 spiro atoms. The molecule has 1 aromatic carbocycles. The Labute approximate surface area is 131 Å². The van der Waals surface area contributed by atoms with Crippen molar-refractivity contribution >= 4 is 22.6 Å². The predicted molar refractivity (Wildman–Crippen MR) is 86.0 cm³/mol. The molecule has 4 rings (SSSR count). The molecule has 1 amide bonds. The number of H-pyrrole nitrogens is 1. The number of imidazole rings is 1. The summed E-state index contributed by atoms with van der Waals surface area (Å²) in [5, 5.41) is 2.80. The first-order valence-corrected chi connectivity index (χ1v) is 7.04. The zero-order valence-electron chi connectivity index (χ0n) is 12.0. The first-order chi connectivity index (χ1) is 11.3. The van der Waals surface area contributed by atoms with Crippen LogP contribution in [0.1, 0.15) is 10.6 Å². The molecule has 2 N–H and O–H groups in total. The SMILES string of the molecule is O=C(Nc1ccc2nc(-c3ccncc3)[nH]c2c1)c1ccco1. The Morgan fingerprint density at radius 1 is 1.13 bits per heavy atom. The van der Waals surface area contributed by atoms with Crippen LogP contribution in [0.25, 0.3) is 22.4 Å². The number of furan rings is 1. The fourth-order valence-corrected chi connectivity index (χ4v) is 2.33. The van der Waals surface area contributed by atoms with Crippen molar-refractivity contribution in [1.29, 1.82) is 0 Å². The van der Waals surface area contributed by atoms with Gasteiger partial charge in [0.1, 0.15) is 5.82 Å². The van der Waals surface area contributed by atoms with Crippen LogP contribution in [0, 0.1) is 0 Å². The van der Waals surface area contributed by atoms with E-state index in [9.17, 15) is 4.79 Å². The van der Waals surface area contributed by atoms with E-state index >= 15 is 0 Å². The van der Waals surface area contributed by atoms with Crippen molar-refractivity contribution in [3.8, 4) is 11.4 Å². The van der Waals surface area contributed by atoms with Gasteiger partial charge in [-0.1, -0.05) is 0 Å². The van der Waals surface area contributed by atoms with Crippen molar-refractivity contribution in [3.63, 3.8) is 0 Å². The summed E-state index contributed by atoms with van der Waals surface area (Å²) in [5.74, 6) is 0.743. The number of aromatic amines is 1. The average Bonchev–Trinajstić information content (AvgIpc) is 3.25. The molecule has 6 heteroatoms. The molecule has 112 valence electrons. The fraction of sp³-hybridized carbons (Fsp3) is 0. The number of nitrogens with zero attached hydrogens (tertiary/aromatic N) is 2. The van der Waals surface area contributed by atoms with Crippen LogP contribution in [-0.2, 0) is 0 Å². The predicted octanol–water partition coefficient (Wildman–Crippen LogP) is 3.47. The van der Waals surface area contributed by atoms with Crippen molar-refractivity contribution in [2.75, 3.05) is 5.32 Å². The van der Waals surface area contributed by atoms with Crippen molar-refractivity contribution < 1.29 is 9.21 Å². The summed E-state index contributed by atoms with van der Waals surface area (Å²) in [5.41, 5.74) is 3.29. The number of amides is 1. The lowest BCUT2D eigenvalue weighted by Crippen LogP contribution is -2.10. The second kappa shape index (κ2) is 5.42. The van der Waals surface area contributed by atoms with Gasteiger partial charge >= 0.3 is 0 Å². The van der Waals surface area contributed by atoms with E-state index in [1.54, 1.807) is 30.6 Å². The van der Waals surface area contributed by atoms with E-state index in [4.69, 9.17) is 4.42 Å². The summed E-state index contributed by atoms with van der Waals surface area (Å²) in [6, 6.07) is 12.6. The Kier molecular flexibility index (Phi) is 3.12. The van der Waals surface area contributed by atoms with Crippen LogP contribution >= 0.6 is 0 Å². The number of carbonyl (C=O) groups excluding carboxylic acids is 1. The smallest absolute Gasteiger partial charge is 0.291 e. The van der Waals surface area contributed by atoms with Crippen LogP contribution in [0.5, 0.6) is 0 Å². The van der Waals surface area contributed by atoms with E-state index in [1.165, 1.54) is 6.26 Å². The number of rotatable bonds is 3. The van der Waals surface area contributed by atoms with Gasteiger partial charge in [0.25, 0.3) is 5.91 Å². The number of anilines is 1. The highest BCUT2D eigenvalue weighted by molar-refractivity contribution is 6.03. The topological polar surface area (TPSA) is 83.8 Å². The molecular weight excluding hydrogens is 292 g/mol. The summed E-state index contributed by atoms with van der Waals surface area (Å²) in [4.78, 5) is 23.8. The Morgan fingerprint density at radius 3 is 2.78 bits per heavy atom. The maximum absolute atomic E-state index is 12.0. The number of nitrogens with one attached hydrogen (secondary N) is 2. The first-order valence-electron chi connectivity index (χ1n) is 7.04. The second-order valence-corrected chi connectivity index (χ2v) is 4.98. The standard InChI is InChI=1S/C17H12N4O2/c22-17(15-2-1-9-23-15)19-12-3-4-13-14(10-12)21-16(20-13)11-5-7-18-8-6-11/h1-10H,(H,19,22)(H,20,21). The van der Waals surface area contributed by atoms with Gasteiger partial charge in [-0.25, -0.2) is 4.98 Å². The molecule has 0 aliphatic heterocycles. The number of fused-ring (bicyclic) bond motifs is 1. The van der Waals surface area contributed by atoms with Gasteiger partial charge < -0.3 is 14.7 Å². The van der Waals surface area contributed by atoms with E-state index < -0.39 is 0 Å². The van der Waals surface area contributed by atoms with Crippen LogP contribution in [0.4, 0.5) is 5.69 Å². The normalized spacial score (nSPS) is 10.8. The summed E-state index contributed by atoms with van der Waals surface area (Å²) in [7, 11) is 0. The molecule has 0 fully saturated rings. The minimum atomic E-state index is -0.289. The van der Waals surface area contributed by atoms with Crippen LogP contribution in [-0.4, -0.2) is 20.9 Å². The molecule has 0 atom stereocenters. The Hall–Kier alpha value is -3.41. The summed E-state index contributed by atoms with van der Waals surface area (Å²) >= 11 is 0. The van der Waals surface area contributed by atoms with Gasteiger partial charge in [0.05, 0.1) is 17.3 Å². The summed E-state index contributed by atoms with van der Waals surface area (Å²) in [6.07, 6.45) is 4.91. The lowest BCUT2D eigenvalue weighted by atomic mass is 10.2. The highest BCUT2D eigenvalue weighted by Crippen LogP contribution is 2.22. The highest BCUT2D eigenvalue weighted by Gasteiger charge is 2.10.